The molecule has 2 rings (SSSR count). The molecule has 0 N–H and O–H groups in total. The molecule has 0 radical (unpaired) electrons. The van der Waals surface area contributed by atoms with E-state index in [0.717, 1.165) is 16.8 Å². The van der Waals surface area contributed by atoms with Gasteiger partial charge in [-0.1, -0.05) is 42.4 Å². The van der Waals surface area contributed by atoms with Crippen LogP contribution in [-0.2, 0) is 9.47 Å². The van der Waals surface area contributed by atoms with Gasteiger partial charge >= 0.3 is 6.09 Å². The largest absolute Gasteiger partial charge is 0.499 e. The van der Waals surface area contributed by atoms with Crippen LogP contribution >= 0.6 is 23.2 Å². The molecule has 1 atom stereocenters. The zero-order valence-corrected chi connectivity index (χ0v) is 19.8. The monoisotopic (exact) mass is 452 g/mol. The van der Waals surface area contributed by atoms with Gasteiger partial charge in [0.25, 0.3) is 0 Å². The molecule has 1 aliphatic heterocycles. The number of amides is 1. The summed E-state index contributed by atoms with van der Waals surface area (Å²) in [5.41, 5.74) is 2.23. The molecule has 1 aliphatic rings. The summed E-state index contributed by atoms with van der Waals surface area (Å²) < 4.78 is 10.9. The standard InChI is InChI=1S/C23H30Cl2N2O3/c1-15(18-8-9-19(24)20(25)13-18)12-16(2)26-10-11-27(21(14-26)17(3)29-7)22(28)30-23(4,5)6/h8-9,12-13,21H,2-3,10-11,14H2,1,4-7H3. The number of hydrogen-bond acceptors (Lipinski definition) is 4. The molecule has 164 valence electrons. The molecule has 1 heterocycles. The number of rotatable bonds is 5. The number of carbonyl (C=O) groups is 1. The third-order valence-electron chi connectivity index (χ3n) is 4.81. The fraction of sp³-hybridized carbons (Fsp3) is 0.435. The van der Waals surface area contributed by atoms with Gasteiger partial charge in [0.1, 0.15) is 17.4 Å². The molecular formula is C23H30Cl2N2O3. The summed E-state index contributed by atoms with van der Waals surface area (Å²) in [4.78, 5) is 16.4. The number of allylic oxidation sites excluding steroid dienone is 2. The van der Waals surface area contributed by atoms with Crippen LogP contribution < -0.4 is 0 Å². The van der Waals surface area contributed by atoms with E-state index in [9.17, 15) is 4.79 Å². The van der Waals surface area contributed by atoms with Crippen LogP contribution in [0.1, 0.15) is 33.3 Å². The molecule has 30 heavy (non-hydrogen) atoms. The number of methoxy groups -OCH3 is 1. The van der Waals surface area contributed by atoms with E-state index in [1.165, 1.54) is 0 Å². The van der Waals surface area contributed by atoms with E-state index in [2.05, 4.69) is 18.1 Å². The van der Waals surface area contributed by atoms with Gasteiger partial charge in [-0.2, -0.15) is 0 Å². The summed E-state index contributed by atoms with van der Waals surface area (Å²) in [5, 5.41) is 1.03. The molecule has 0 aromatic heterocycles. The van der Waals surface area contributed by atoms with Crippen LogP contribution in [0.2, 0.25) is 10.0 Å². The van der Waals surface area contributed by atoms with Gasteiger partial charge in [0, 0.05) is 25.3 Å². The topological polar surface area (TPSA) is 42.0 Å². The van der Waals surface area contributed by atoms with Crippen molar-refractivity contribution in [3.63, 3.8) is 0 Å². The van der Waals surface area contributed by atoms with Gasteiger partial charge in [0.05, 0.1) is 17.2 Å². The number of nitrogens with zero attached hydrogens (tertiary/aromatic N) is 2. The van der Waals surface area contributed by atoms with Crippen LogP contribution in [0.15, 0.2) is 48.9 Å². The average Bonchev–Trinajstić information content (AvgIpc) is 2.67. The Morgan fingerprint density at radius 3 is 2.43 bits per heavy atom. The first-order chi connectivity index (χ1) is 13.9. The Hall–Kier alpha value is -2.11. The van der Waals surface area contributed by atoms with Gasteiger partial charge in [-0.15, -0.1) is 0 Å². The van der Waals surface area contributed by atoms with Crippen molar-refractivity contribution in [2.45, 2.75) is 39.3 Å². The SMILES string of the molecule is C=C(OC)C1CN(C(=C)C=C(C)c2ccc(Cl)c(Cl)c2)CCN1C(=O)OC(C)(C)C. The second-order valence-corrected chi connectivity index (χ2v) is 9.07. The Bertz CT molecular complexity index is 858. The van der Waals surface area contributed by atoms with Gasteiger partial charge in [0.2, 0.25) is 0 Å². The highest BCUT2D eigenvalue weighted by Crippen LogP contribution is 2.28. The fourth-order valence-electron chi connectivity index (χ4n) is 3.16. The summed E-state index contributed by atoms with van der Waals surface area (Å²) in [5.74, 6) is 0.503. The number of ether oxygens (including phenoxy) is 2. The van der Waals surface area contributed by atoms with Crippen LogP contribution in [0, 0.1) is 0 Å². The molecule has 1 saturated heterocycles. The van der Waals surface area contributed by atoms with Gasteiger partial charge in [-0.05, 0) is 57.0 Å². The Morgan fingerprint density at radius 2 is 1.87 bits per heavy atom. The van der Waals surface area contributed by atoms with E-state index in [0.29, 0.717) is 35.4 Å². The third kappa shape index (κ3) is 6.19. The first kappa shape index (κ1) is 24.2. The molecule has 1 amide bonds. The highest BCUT2D eigenvalue weighted by molar-refractivity contribution is 6.42. The van der Waals surface area contributed by atoms with Crippen LogP contribution in [0.25, 0.3) is 5.57 Å². The lowest BCUT2D eigenvalue weighted by Crippen LogP contribution is -2.56. The van der Waals surface area contributed by atoms with E-state index in [-0.39, 0.29) is 12.1 Å². The van der Waals surface area contributed by atoms with Crippen molar-refractivity contribution in [3.05, 3.63) is 64.5 Å². The Balaban J connectivity index is 2.17. The highest BCUT2D eigenvalue weighted by atomic mass is 35.5. The zero-order valence-electron chi connectivity index (χ0n) is 18.3. The van der Waals surface area contributed by atoms with Crippen LogP contribution in [-0.4, -0.2) is 54.3 Å². The van der Waals surface area contributed by atoms with E-state index in [4.69, 9.17) is 32.7 Å². The fourth-order valence-corrected chi connectivity index (χ4v) is 3.46. The van der Waals surface area contributed by atoms with Crippen LogP contribution in [0.5, 0.6) is 0 Å². The quantitative estimate of drug-likeness (QED) is 0.406. The maximum atomic E-state index is 12.7. The molecular weight excluding hydrogens is 423 g/mol. The lowest BCUT2D eigenvalue weighted by molar-refractivity contribution is 0.000773. The van der Waals surface area contributed by atoms with Crippen molar-refractivity contribution < 1.29 is 14.3 Å². The minimum atomic E-state index is -0.573. The van der Waals surface area contributed by atoms with Crippen molar-refractivity contribution in [1.29, 1.82) is 0 Å². The number of carbonyl (C=O) groups excluding carboxylic acids is 1. The Kier molecular flexibility index (Phi) is 7.89. The summed E-state index contributed by atoms with van der Waals surface area (Å²) >= 11 is 12.2. The number of benzene rings is 1. The normalized spacial score (nSPS) is 17.6. The number of halogens is 2. The summed E-state index contributed by atoms with van der Waals surface area (Å²) in [6.07, 6.45) is 1.62. The molecule has 0 spiro atoms. The van der Waals surface area contributed by atoms with Gasteiger partial charge < -0.3 is 14.4 Å². The molecule has 1 fully saturated rings. The Morgan fingerprint density at radius 1 is 1.20 bits per heavy atom. The number of piperazine rings is 1. The molecule has 7 heteroatoms. The lowest BCUT2D eigenvalue weighted by Gasteiger charge is -2.42. The third-order valence-corrected chi connectivity index (χ3v) is 5.55. The summed E-state index contributed by atoms with van der Waals surface area (Å²) in [6, 6.07) is 5.19. The first-order valence-electron chi connectivity index (χ1n) is 9.73. The van der Waals surface area contributed by atoms with Gasteiger partial charge in [-0.3, -0.25) is 4.90 Å². The average molecular weight is 453 g/mol. The summed E-state index contributed by atoms with van der Waals surface area (Å²) in [6.45, 7) is 17.3. The second-order valence-electron chi connectivity index (χ2n) is 8.25. The Labute approximate surface area is 189 Å². The van der Waals surface area contributed by atoms with E-state index in [1.807, 2.05) is 45.9 Å². The molecule has 5 nitrogen and oxygen atoms in total. The molecule has 1 aromatic rings. The van der Waals surface area contributed by atoms with Crippen molar-refractivity contribution >= 4 is 34.9 Å². The van der Waals surface area contributed by atoms with Gasteiger partial charge in [0.15, 0.2) is 0 Å². The highest BCUT2D eigenvalue weighted by Gasteiger charge is 2.35. The predicted octanol–water partition coefficient (Wildman–Crippen LogP) is 5.99. The van der Waals surface area contributed by atoms with Gasteiger partial charge in [-0.25, -0.2) is 4.79 Å². The minimum absolute atomic E-state index is 0.339. The van der Waals surface area contributed by atoms with Crippen molar-refractivity contribution in [1.82, 2.24) is 9.80 Å². The van der Waals surface area contributed by atoms with E-state index in [1.54, 1.807) is 18.1 Å². The van der Waals surface area contributed by atoms with E-state index < -0.39 is 5.60 Å². The van der Waals surface area contributed by atoms with E-state index >= 15 is 0 Å². The lowest BCUT2D eigenvalue weighted by atomic mass is 10.1. The zero-order chi connectivity index (χ0) is 22.6. The molecule has 1 aromatic carbocycles. The molecule has 0 bridgehead atoms. The summed E-state index contributed by atoms with van der Waals surface area (Å²) in [7, 11) is 1.55. The molecule has 0 aliphatic carbocycles. The first-order valence-corrected chi connectivity index (χ1v) is 10.5. The molecule has 0 saturated carbocycles. The predicted molar refractivity (Wildman–Crippen MR) is 124 cm³/mol. The second kappa shape index (κ2) is 9.80. The van der Waals surface area contributed by atoms with Crippen molar-refractivity contribution in [2.75, 3.05) is 26.7 Å². The number of hydrogen-bond donors (Lipinski definition) is 0. The smallest absolute Gasteiger partial charge is 0.411 e. The molecule has 1 unspecified atom stereocenters. The van der Waals surface area contributed by atoms with Crippen molar-refractivity contribution in [3.8, 4) is 0 Å². The maximum Gasteiger partial charge on any atom is 0.411 e. The minimum Gasteiger partial charge on any atom is -0.499 e. The van der Waals surface area contributed by atoms with Crippen LogP contribution in [0.3, 0.4) is 0 Å². The van der Waals surface area contributed by atoms with Crippen molar-refractivity contribution in [2.24, 2.45) is 0 Å². The van der Waals surface area contributed by atoms with Crippen LogP contribution in [0.4, 0.5) is 4.79 Å². The maximum absolute atomic E-state index is 12.7.